The third-order valence-electron chi connectivity index (χ3n) is 3.77. The number of nitrogens with two attached hydrogens (primary N) is 1. The first kappa shape index (κ1) is 13.8. The van der Waals surface area contributed by atoms with E-state index in [0.717, 1.165) is 11.9 Å². The second-order valence-corrected chi connectivity index (χ2v) is 5.86. The van der Waals surface area contributed by atoms with Gasteiger partial charge in [0, 0.05) is 26.2 Å². The van der Waals surface area contributed by atoms with E-state index in [4.69, 9.17) is 15.2 Å². The van der Waals surface area contributed by atoms with Crippen molar-refractivity contribution in [2.45, 2.75) is 18.6 Å². The number of nitrogen functional groups attached to an aromatic ring is 1. The fourth-order valence-corrected chi connectivity index (χ4v) is 2.86. The summed E-state index contributed by atoms with van der Waals surface area (Å²) in [6.45, 7) is 1.72. The van der Waals surface area contributed by atoms with Gasteiger partial charge in [-0.15, -0.1) is 0 Å². The highest BCUT2D eigenvalue weighted by Gasteiger charge is 2.36. The number of ether oxygens (including phenoxy) is 2. The molecule has 3 rings (SSSR count). The van der Waals surface area contributed by atoms with E-state index in [9.17, 15) is 4.39 Å². The first-order chi connectivity index (χ1) is 9.54. The van der Waals surface area contributed by atoms with E-state index in [0.29, 0.717) is 35.7 Å². The van der Waals surface area contributed by atoms with Crippen LogP contribution < -0.4 is 5.73 Å². The van der Waals surface area contributed by atoms with E-state index in [1.165, 1.54) is 6.07 Å². The number of fused-ring (bicyclic) bond motifs is 1. The van der Waals surface area contributed by atoms with Crippen LogP contribution in [0.1, 0.15) is 6.42 Å². The van der Waals surface area contributed by atoms with Crippen molar-refractivity contribution in [1.82, 2.24) is 9.55 Å². The number of methoxy groups -OCH3 is 1. The highest BCUT2D eigenvalue weighted by atomic mass is 79.9. The van der Waals surface area contributed by atoms with Crippen LogP contribution in [0.3, 0.4) is 0 Å². The Hall–Kier alpha value is -1.18. The number of halogens is 2. The van der Waals surface area contributed by atoms with Crippen LogP contribution in [0.25, 0.3) is 11.0 Å². The predicted molar refractivity (Wildman–Crippen MR) is 77.0 cm³/mol. The summed E-state index contributed by atoms with van der Waals surface area (Å²) in [5.74, 6) is -0.00590. The molecule has 7 heteroatoms. The number of hydrogen-bond acceptors (Lipinski definition) is 4. The van der Waals surface area contributed by atoms with Crippen molar-refractivity contribution < 1.29 is 13.9 Å². The maximum atomic E-state index is 13.6. The molecule has 2 aromatic rings. The molecule has 2 heterocycles. The van der Waals surface area contributed by atoms with Crippen LogP contribution >= 0.6 is 15.9 Å². The quantitative estimate of drug-likeness (QED) is 0.928. The van der Waals surface area contributed by atoms with Gasteiger partial charge in [-0.2, -0.15) is 0 Å². The van der Waals surface area contributed by atoms with Crippen molar-refractivity contribution in [3.05, 3.63) is 22.4 Å². The van der Waals surface area contributed by atoms with Crippen molar-refractivity contribution >= 4 is 32.9 Å². The summed E-state index contributed by atoms with van der Waals surface area (Å²) in [7, 11) is 1.67. The number of aromatic nitrogens is 2. The van der Waals surface area contributed by atoms with Crippen LogP contribution in [-0.2, 0) is 16.0 Å². The highest BCUT2D eigenvalue weighted by molar-refractivity contribution is 9.10. The van der Waals surface area contributed by atoms with Gasteiger partial charge in [0.2, 0.25) is 5.95 Å². The Kier molecular flexibility index (Phi) is 3.43. The second-order valence-electron chi connectivity index (χ2n) is 5.00. The minimum atomic E-state index is -0.400. The molecule has 0 amide bonds. The molecule has 1 aromatic carbocycles. The molecule has 1 unspecified atom stereocenters. The molecule has 108 valence electrons. The summed E-state index contributed by atoms with van der Waals surface area (Å²) in [5.41, 5.74) is 6.88. The van der Waals surface area contributed by atoms with Gasteiger partial charge in [-0.3, -0.25) is 0 Å². The van der Waals surface area contributed by atoms with E-state index in [-0.39, 0.29) is 5.82 Å². The summed E-state index contributed by atoms with van der Waals surface area (Å²) in [5, 5.41) is 0. The molecule has 1 saturated heterocycles. The molecule has 2 N–H and O–H groups in total. The van der Waals surface area contributed by atoms with Gasteiger partial charge in [-0.1, -0.05) is 0 Å². The van der Waals surface area contributed by atoms with Crippen molar-refractivity contribution in [2.24, 2.45) is 0 Å². The van der Waals surface area contributed by atoms with E-state index in [2.05, 4.69) is 20.9 Å². The number of nitrogens with zero attached hydrogens (tertiary/aromatic N) is 2. The molecular weight excluding hydrogens is 329 g/mol. The van der Waals surface area contributed by atoms with Crippen molar-refractivity contribution in [3.63, 3.8) is 0 Å². The van der Waals surface area contributed by atoms with Gasteiger partial charge >= 0.3 is 0 Å². The Morgan fingerprint density at radius 2 is 2.40 bits per heavy atom. The Morgan fingerprint density at radius 1 is 1.60 bits per heavy atom. The van der Waals surface area contributed by atoms with Crippen LogP contribution in [0.5, 0.6) is 0 Å². The topological polar surface area (TPSA) is 62.3 Å². The number of anilines is 1. The maximum absolute atomic E-state index is 13.6. The minimum Gasteiger partial charge on any atom is -0.378 e. The third kappa shape index (κ3) is 2.19. The van der Waals surface area contributed by atoms with Gasteiger partial charge in [0.25, 0.3) is 0 Å². The minimum absolute atomic E-state index is 0.348. The van der Waals surface area contributed by atoms with Gasteiger partial charge < -0.3 is 19.8 Å². The second kappa shape index (κ2) is 4.98. The van der Waals surface area contributed by atoms with Gasteiger partial charge in [0.05, 0.1) is 28.7 Å². The molecule has 1 fully saturated rings. The Bertz CT molecular complexity index is 653. The molecule has 0 bridgehead atoms. The normalized spacial score (nSPS) is 22.8. The van der Waals surface area contributed by atoms with Crippen molar-refractivity contribution in [3.8, 4) is 0 Å². The molecule has 0 radical (unpaired) electrons. The lowest BCUT2D eigenvalue weighted by molar-refractivity contribution is -0.0283. The molecule has 1 aliphatic rings. The number of benzene rings is 1. The average Bonchev–Trinajstić information content (AvgIpc) is 2.99. The molecular formula is C13H15BrFN3O2. The van der Waals surface area contributed by atoms with E-state index in [1.807, 2.05) is 4.57 Å². The summed E-state index contributed by atoms with van der Waals surface area (Å²) < 4.78 is 26.8. The van der Waals surface area contributed by atoms with Crippen molar-refractivity contribution in [2.75, 3.05) is 26.1 Å². The first-order valence-corrected chi connectivity index (χ1v) is 7.08. The highest BCUT2D eigenvalue weighted by Crippen LogP contribution is 2.30. The standard InChI is InChI=1S/C13H15BrFN3O2/c1-19-13(2-3-20-7-13)6-18-11-4-8(14)9(15)5-10(11)17-12(18)16/h4-5H,2-3,6-7H2,1H3,(H2,16,17). The molecule has 0 aliphatic carbocycles. The van der Waals surface area contributed by atoms with Crippen LogP contribution in [0.2, 0.25) is 0 Å². The van der Waals surface area contributed by atoms with E-state index < -0.39 is 5.60 Å². The molecule has 0 saturated carbocycles. The van der Waals surface area contributed by atoms with Crippen LogP contribution in [0.4, 0.5) is 10.3 Å². The predicted octanol–water partition coefficient (Wildman–Crippen LogP) is 2.33. The van der Waals surface area contributed by atoms with Crippen LogP contribution in [0, 0.1) is 5.82 Å². The average molecular weight is 344 g/mol. The summed E-state index contributed by atoms with van der Waals surface area (Å²) in [6, 6.07) is 3.06. The lowest BCUT2D eigenvalue weighted by atomic mass is 10.0. The SMILES string of the molecule is COC1(Cn2c(N)nc3cc(F)c(Br)cc32)CCOC1. The number of rotatable bonds is 3. The van der Waals surface area contributed by atoms with Gasteiger partial charge in [0.1, 0.15) is 11.4 Å². The Labute approximate surface area is 124 Å². The summed E-state index contributed by atoms with van der Waals surface area (Å²) in [6.07, 6.45) is 0.797. The Morgan fingerprint density at radius 3 is 3.05 bits per heavy atom. The zero-order valence-electron chi connectivity index (χ0n) is 11.0. The lowest BCUT2D eigenvalue weighted by Gasteiger charge is -2.26. The molecule has 5 nitrogen and oxygen atoms in total. The molecule has 1 aliphatic heterocycles. The molecule has 20 heavy (non-hydrogen) atoms. The third-order valence-corrected chi connectivity index (χ3v) is 4.37. The smallest absolute Gasteiger partial charge is 0.201 e. The lowest BCUT2D eigenvalue weighted by Crippen LogP contribution is -2.37. The van der Waals surface area contributed by atoms with Crippen LogP contribution in [0.15, 0.2) is 16.6 Å². The number of imidazole rings is 1. The number of hydrogen-bond donors (Lipinski definition) is 1. The van der Waals surface area contributed by atoms with E-state index in [1.54, 1.807) is 13.2 Å². The zero-order valence-corrected chi connectivity index (χ0v) is 12.6. The van der Waals surface area contributed by atoms with Gasteiger partial charge in [0.15, 0.2) is 0 Å². The molecule has 0 spiro atoms. The zero-order chi connectivity index (χ0) is 14.3. The van der Waals surface area contributed by atoms with Crippen molar-refractivity contribution in [1.29, 1.82) is 0 Å². The summed E-state index contributed by atoms with van der Waals surface area (Å²) >= 11 is 3.19. The maximum Gasteiger partial charge on any atom is 0.201 e. The monoisotopic (exact) mass is 343 g/mol. The van der Waals surface area contributed by atoms with E-state index >= 15 is 0 Å². The first-order valence-electron chi connectivity index (χ1n) is 6.28. The molecule has 1 atom stereocenters. The van der Waals surface area contributed by atoms with Gasteiger partial charge in [-0.25, -0.2) is 9.37 Å². The summed E-state index contributed by atoms with van der Waals surface area (Å²) in [4.78, 5) is 4.21. The fourth-order valence-electron chi connectivity index (χ4n) is 2.53. The van der Waals surface area contributed by atoms with Crippen LogP contribution in [-0.4, -0.2) is 35.5 Å². The Balaban J connectivity index is 2.06. The molecule has 1 aromatic heterocycles. The fraction of sp³-hybridized carbons (Fsp3) is 0.462. The largest absolute Gasteiger partial charge is 0.378 e. The van der Waals surface area contributed by atoms with Gasteiger partial charge in [-0.05, 0) is 22.0 Å².